The number of hydrogen-bond donors (Lipinski definition) is 0. The van der Waals surface area contributed by atoms with E-state index in [1.807, 2.05) is 32.0 Å². The van der Waals surface area contributed by atoms with E-state index in [0.29, 0.717) is 6.61 Å². The van der Waals surface area contributed by atoms with Crippen molar-refractivity contribution in [3.8, 4) is 5.75 Å². The predicted octanol–water partition coefficient (Wildman–Crippen LogP) is 3.13. The van der Waals surface area contributed by atoms with Gasteiger partial charge in [-0.3, -0.25) is 0 Å². The molecule has 0 N–H and O–H groups in total. The molecule has 0 spiro atoms. The summed E-state index contributed by atoms with van der Waals surface area (Å²) in [7, 11) is 1.64. The summed E-state index contributed by atoms with van der Waals surface area (Å²) < 4.78 is 21.5. The fourth-order valence-electron chi connectivity index (χ4n) is 1.64. The first kappa shape index (κ1) is 12.7. The Kier molecular flexibility index (Phi) is 4.28. The smallest absolute Gasteiger partial charge is 0.193 e. The van der Waals surface area contributed by atoms with Crippen LogP contribution < -0.4 is 4.74 Å². The van der Waals surface area contributed by atoms with Crippen molar-refractivity contribution in [2.75, 3.05) is 13.7 Å². The van der Waals surface area contributed by atoms with Crippen LogP contribution in [0.1, 0.15) is 25.7 Å². The van der Waals surface area contributed by atoms with Gasteiger partial charge in [-0.1, -0.05) is 0 Å². The summed E-state index contributed by atoms with van der Waals surface area (Å²) in [6.45, 7) is 4.42. The molecule has 0 atom stereocenters. The monoisotopic (exact) mass is 256 g/mol. The minimum absolute atomic E-state index is 0.137. The quantitative estimate of drug-likeness (QED) is 0.756. The molecular formula is C12H16O4S. The molecule has 4 nitrogen and oxygen atoms in total. The lowest BCUT2D eigenvalue weighted by atomic mass is 10.2. The zero-order valence-electron chi connectivity index (χ0n) is 10.1. The van der Waals surface area contributed by atoms with E-state index in [1.165, 1.54) is 12.0 Å². The van der Waals surface area contributed by atoms with E-state index in [-0.39, 0.29) is 12.6 Å². The lowest BCUT2D eigenvalue weighted by molar-refractivity contribution is -0.382. The number of hydrogen-bond acceptors (Lipinski definition) is 5. The Morgan fingerprint density at radius 2 is 2.12 bits per heavy atom. The van der Waals surface area contributed by atoms with Crippen molar-refractivity contribution >= 4 is 12.0 Å². The van der Waals surface area contributed by atoms with Crippen molar-refractivity contribution in [1.29, 1.82) is 0 Å². The van der Waals surface area contributed by atoms with Crippen molar-refractivity contribution in [1.82, 2.24) is 0 Å². The summed E-state index contributed by atoms with van der Waals surface area (Å²) in [5.41, 5.74) is 0.922. The molecule has 0 radical (unpaired) electrons. The van der Waals surface area contributed by atoms with Crippen LogP contribution in [0.25, 0.3) is 0 Å². The summed E-state index contributed by atoms with van der Waals surface area (Å²) in [6, 6.07) is 5.84. The number of benzene rings is 1. The van der Waals surface area contributed by atoms with Crippen molar-refractivity contribution in [2.24, 2.45) is 0 Å². The lowest BCUT2D eigenvalue weighted by Gasteiger charge is -2.34. The van der Waals surface area contributed by atoms with Crippen LogP contribution in [0.3, 0.4) is 0 Å². The molecule has 1 aliphatic rings. The second-order valence-corrected chi connectivity index (χ2v) is 4.53. The molecule has 0 aromatic heterocycles. The zero-order valence-corrected chi connectivity index (χ0v) is 11.0. The van der Waals surface area contributed by atoms with E-state index in [9.17, 15) is 0 Å². The highest BCUT2D eigenvalue weighted by Gasteiger charge is 2.31. The SMILES string of the molecule is CCOc1cc(SOC)ccc1C1OC(C)O1. The lowest BCUT2D eigenvalue weighted by Crippen LogP contribution is -2.31. The molecule has 17 heavy (non-hydrogen) atoms. The Bertz CT molecular complexity index is 377. The van der Waals surface area contributed by atoms with Crippen LogP contribution in [0.15, 0.2) is 23.1 Å². The normalized spacial score (nSPS) is 23.2. The third-order valence-electron chi connectivity index (χ3n) is 2.35. The third-order valence-corrected chi connectivity index (χ3v) is 2.96. The van der Waals surface area contributed by atoms with E-state index < -0.39 is 0 Å². The Morgan fingerprint density at radius 3 is 2.71 bits per heavy atom. The fraction of sp³-hybridized carbons (Fsp3) is 0.500. The van der Waals surface area contributed by atoms with Crippen LogP contribution in [0.5, 0.6) is 5.75 Å². The minimum Gasteiger partial charge on any atom is -0.493 e. The van der Waals surface area contributed by atoms with Crippen molar-refractivity contribution in [3.05, 3.63) is 23.8 Å². The van der Waals surface area contributed by atoms with Gasteiger partial charge in [-0.2, -0.15) is 0 Å². The molecule has 1 heterocycles. The molecule has 1 aromatic rings. The van der Waals surface area contributed by atoms with Gasteiger partial charge in [0.1, 0.15) is 5.75 Å². The topological polar surface area (TPSA) is 36.9 Å². The molecule has 1 aromatic carbocycles. The Hall–Kier alpha value is -0.750. The number of ether oxygens (including phenoxy) is 3. The van der Waals surface area contributed by atoms with Gasteiger partial charge in [-0.05, 0) is 32.0 Å². The second kappa shape index (κ2) is 5.73. The van der Waals surface area contributed by atoms with Gasteiger partial charge >= 0.3 is 0 Å². The molecular weight excluding hydrogens is 240 g/mol. The van der Waals surface area contributed by atoms with E-state index in [1.54, 1.807) is 7.11 Å². The maximum atomic E-state index is 5.59. The van der Waals surface area contributed by atoms with Gasteiger partial charge < -0.3 is 18.4 Å². The molecule has 94 valence electrons. The van der Waals surface area contributed by atoms with Crippen LogP contribution >= 0.6 is 12.0 Å². The average molecular weight is 256 g/mol. The highest BCUT2D eigenvalue weighted by atomic mass is 32.2. The summed E-state index contributed by atoms with van der Waals surface area (Å²) in [5, 5.41) is 0. The first-order chi connectivity index (χ1) is 8.24. The second-order valence-electron chi connectivity index (χ2n) is 3.55. The minimum atomic E-state index is -0.312. The zero-order chi connectivity index (χ0) is 12.3. The van der Waals surface area contributed by atoms with Crippen LogP contribution in [0, 0.1) is 0 Å². The maximum absolute atomic E-state index is 5.59. The van der Waals surface area contributed by atoms with E-state index >= 15 is 0 Å². The number of rotatable bonds is 5. The first-order valence-corrected chi connectivity index (χ1v) is 6.27. The van der Waals surface area contributed by atoms with Gasteiger partial charge in [-0.15, -0.1) is 0 Å². The molecule has 0 aliphatic carbocycles. The third kappa shape index (κ3) is 2.93. The van der Waals surface area contributed by atoms with Crippen LogP contribution in [-0.4, -0.2) is 20.0 Å². The summed E-state index contributed by atoms with van der Waals surface area (Å²) in [6.07, 6.45) is -0.448. The Labute approximate surface area is 105 Å². The first-order valence-electron chi connectivity index (χ1n) is 5.53. The van der Waals surface area contributed by atoms with Gasteiger partial charge in [0.25, 0.3) is 0 Å². The van der Waals surface area contributed by atoms with Gasteiger partial charge in [0.2, 0.25) is 0 Å². The highest BCUT2D eigenvalue weighted by molar-refractivity contribution is 7.94. The standard InChI is InChI=1S/C12H16O4S/c1-4-14-11-7-9(17-13-3)5-6-10(11)12-15-8(2)16-12/h5-8,12H,4H2,1-3H3. The molecule has 0 saturated carbocycles. The van der Waals surface area contributed by atoms with E-state index in [0.717, 1.165) is 16.2 Å². The van der Waals surface area contributed by atoms with Gasteiger partial charge in [0.15, 0.2) is 12.6 Å². The van der Waals surface area contributed by atoms with Crippen molar-refractivity contribution in [2.45, 2.75) is 31.3 Å². The molecule has 2 rings (SSSR count). The largest absolute Gasteiger partial charge is 0.493 e. The van der Waals surface area contributed by atoms with E-state index in [4.69, 9.17) is 18.4 Å². The van der Waals surface area contributed by atoms with Gasteiger partial charge in [-0.25, -0.2) is 0 Å². The van der Waals surface area contributed by atoms with Crippen molar-refractivity contribution in [3.63, 3.8) is 0 Å². The molecule has 1 saturated heterocycles. The Balaban J connectivity index is 2.18. The molecule has 1 fully saturated rings. The van der Waals surface area contributed by atoms with Crippen LogP contribution in [-0.2, 0) is 13.7 Å². The summed E-state index contributed by atoms with van der Waals surface area (Å²) >= 11 is 1.30. The van der Waals surface area contributed by atoms with Crippen molar-refractivity contribution < 1.29 is 18.4 Å². The fourth-order valence-corrected chi connectivity index (χ4v) is 2.11. The summed E-state index contributed by atoms with van der Waals surface area (Å²) in [5.74, 6) is 0.784. The average Bonchev–Trinajstić information content (AvgIpc) is 2.27. The predicted molar refractivity (Wildman–Crippen MR) is 64.9 cm³/mol. The van der Waals surface area contributed by atoms with Crippen LogP contribution in [0.4, 0.5) is 0 Å². The van der Waals surface area contributed by atoms with E-state index in [2.05, 4.69) is 0 Å². The molecule has 0 bridgehead atoms. The van der Waals surface area contributed by atoms with Gasteiger partial charge in [0.05, 0.1) is 19.3 Å². The Morgan fingerprint density at radius 1 is 1.35 bits per heavy atom. The molecule has 5 heteroatoms. The summed E-state index contributed by atoms with van der Waals surface area (Å²) in [4.78, 5) is 0.993. The maximum Gasteiger partial charge on any atom is 0.193 e. The molecule has 1 aliphatic heterocycles. The molecule has 0 amide bonds. The molecule has 0 unspecified atom stereocenters. The van der Waals surface area contributed by atoms with Crippen LogP contribution in [0.2, 0.25) is 0 Å². The van der Waals surface area contributed by atoms with Gasteiger partial charge in [0, 0.05) is 16.9 Å². The highest BCUT2D eigenvalue weighted by Crippen LogP contribution is 2.38.